The molecule has 1 saturated heterocycles. The number of hydrogen-bond donors (Lipinski definition) is 0. The Morgan fingerprint density at radius 1 is 0.917 bits per heavy atom. The van der Waals surface area contributed by atoms with Gasteiger partial charge in [-0.05, 0) is 59.1 Å². The van der Waals surface area contributed by atoms with Gasteiger partial charge in [0.15, 0.2) is 5.65 Å². The average molecular weight is 490 g/mol. The SMILES string of the molecule is Cc1nn(C(C)(C)C)c2nc(C(C)C)cc(C(=O)N3CCN(C(=O)C(C)(C)c4ccccc4)CC3)c12. The van der Waals surface area contributed by atoms with Gasteiger partial charge in [0.25, 0.3) is 5.91 Å². The second kappa shape index (κ2) is 9.34. The topological polar surface area (TPSA) is 71.3 Å². The third kappa shape index (κ3) is 4.63. The van der Waals surface area contributed by atoms with E-state index in [2.05, 4.69) is 34.6 Å². The van der Waals surface area contributed by atoms with Crippen LogP contribution < -0.4 is 0 Å². The maximum Gasteiger partial charge on any atom is 0.254 e. The van der Waals surface area contributed by atoms with E-state index in [0.29, 0.717) is 31.7 Å². The molecule has 3 aromatic rings. The molecule has 2 aromatic heterocycles. The molecule has 1 aromatic carbocycles. The van der Waals surface area contributed by atoms with E-state index in [9.17, 15) is 9.59 Å². The van der Waals surface area contributed by atoms with Gasteiger partial charge in [0, 0.05) is 31.9 Å². The predicted molar refractivity (Wildman–Crippen MR) is 143 cm³/mol. The molecule has 0 unspecified atom stereocenters. The summed E-state index contributed by atoms with van der Waals surface area (Å²) < 4.78 is 1.93. The molecule has 0 spiro atoms. The number of pyridine rings is 1. The number of piperazine rings is 1. The maximum absolute atomic E-state index is 13.9. The fourth-order valence-electron chi connectivity index (χ4n) is 4.90. The minimum atomic E-state index is -0.616. The third-order valence-electron chi connectivity index (χ3n) is 7.17. The summed E-state index contributed by atoms with van der Waals surface area (Å²) in [4.78, 5) is 35.9. The summed E-state index contributed by atoms with van der Waals surface area (Å²) in [6.07, 6.45) is 0. The summed E-state index contributed by atoms with van der Waals surface area (Å²) in [5.41, 5.74) is 3.23. The number of benzene rings is 1. The van der Waals surface area contributed by atoms with E-state index in [-0.39, 0.29) is 23.3 Å². The lowest BCUT2D eigenvalue weighted by Gasteiger charge is -2.39. The Kier molecular flexibility index (Phi) is 6.71. The molecule has 0 N–H and O–H groups in total. The van der Waals surface area contributed by atoms with Gasteiger partial charge in [0.05, 0.1) is 27.6 Å². The largest absolute Gasteiger partial charge is 0.338 e. The van der Waals surface area contributed by atoms with Gasteiger partial charge in [0.2, 0.25) is 5.91 Å². The number of amides is 2. The molecular formula is C29H39N5O2. The Morgan fingerprint density at radius 2 is 1.50 bits per heavy atom. The minimum absolute atomic E-state index is 0.0183. The van der Waals surface area contributed by atoms with Crippen LogP contribution in [0.15, 0.2) is 36.4 Å². The van der Waals surface area contributed by atoms with Crippen molar-refractivity contribution in [2.45, 2.75) is 72.3 Å². The van der Waals surface area contributed by atoms with Crippen molar-refractivity contribution in [3.63, 3.8) is 0 Å². The molecule has 3 heterocycles. The van der Waals surface area contributed by atoms with Gasteiger partial charge in [-0.15, -0.1) is 0 Å². The van der Waals surface area contributed by atoms with Crippen molar-refractivity contribution < 1.29 is 9.59 Å². The molecule has 0 aliphatic carbocycles. The van der Waals surface area contributed by atoms with Crippen LogP contribution in [0.3, 0.4) is 0 Å². The first-order valence-electron chi connectivity index (χ1n) is 12.9. The zero-order chi connectivity index (χ0) is 26.4. The molecule has 1 aliphatic heterocycles. The zero-order valence-electron chi connectivity index (χ0n) is 22.9. The normalized spacial score (nSPS) is 15.1. The Hall–Kier alpha value is -3.22. The van der Waals surface area contributed by atoms with Crippen LogP contribution in [-0.4, -0.2) is 62.6 Å². The van der Waals surface area contributed by atoms with E-state index in [4.69, 9.17) is 10.1 Å². The van der Waals surface area contributed by atoms with Gasteiger partial charge < -0.3 is 9.80 Å². The van der Waals surface area contributed by atoms with Crippen LogP contribution in [0.4, 0.5) is 0 Å². The van der Waals surface area contributed by atoms with Crippen molar-refractivity contribution in [1.82, 2.24) is 24.6 Å². The lowest BCUT2D eigenvalue weighted by molar-refractivity contribution is -0.137. The second-order valence-corrected chi connectivity index (χ2v) is 11.7. The van der Waals surface area contributed by atoms with E-state index in [1.54, 1.807) is 0 Å². The van der Waals surface area contributed by atoms with E-state index < -0.39 is 5.41 Å². The first kappa shape index (κ1) is 25.9. The van der Waals surface area contributed by atoms with Crippen LogP contribution in [0, 0.1) is 6.92 Å². The summed E-state index contributed by atoms with van der Waals surface area (Å²) >= 11 is 0. The summed E-state index contributed by atoms with van der Waals surface area (Å²) in [6.45, 7) is 18.4. The highest BCUT2D eigenvalue weighted by Gasteiger charge is 2.36. The van der Waals surface area contributed by atoms with Gasteiger partial charge in [-0.1, -0.05) is 44.2 Å². The summed E-state index contributed by atoms with van der Waals surface area (Å²) in [7, 11) is 0. The predicted octanol–water partition coefficient (Wildman–Crippen LogP) is 4.88. The van der Waals surface area contributed by atoms with Crippen molar-refractivity contribution in [2.75, 3.05) is 26.2 Å². The van der Waals surface area contributed by atoms with Crippen molar-refractivity contribution in [3.05, 3.63) is 58.9 Å². The van der Waals surface area contributed by atoms with Crippen LogP contribution in [0.2, 0.25) is 0 Å². The fourth-order valence-corrected chi connectivity index (χ4v) is 4.90. The van der Waals surface area contributed by atoms with Crippen molar-refractivity contribution in [3.8, 4) is 0 Å². The smallest absolute Gasteiger partial charge is 0.254 e. The van der Waals surface area contributed by atoms with Gasteiger partial charge in [-0.2, -0.15) is 5.10 Å². The first-order valence-corrected chi connectivity index (χ1v) is 12.9. The number of nitrogens with zero attached hydrogens (tertiary/aromatic N) is 5. The minimum Gasteiger partial charge on any atom is -0.338 e. The van der Waals surface area contributed by atoms with Crippen LogP contribution in [0.25, 0.3) is 11.0 Å². The van der Waals surface area contributed by atoms with Crippen molar-refractivity contribution in [1.29, 1.82) is 0 Å². The van der Waals surface area contributed by atoms with E-state index in [1.165, 1.54) is 0 Å². The third-order valence-corrected chi connectivity index (χ3v) is 7.17. The number of hydrogen-bond acceptors (Lipinski definition) is 4. The maximum atomic E-state index is 13.9. The Bertz CT molecular complexity index is 1280. The molecule has 2 amide bonds. The first-order chi connectivity index (χ1) is 16.8. The quantitative estimate of drug-likeness (QED) is 0.524. The summed E-state index contributed by atoms with van der Waals surface area (Å²) in [5.74, 6) is 0.256. The lowest BCUT2D eigenvalue weighted by Crippen LogP contribution is -2.54. The highest BCUT2D eigenvalue weighted by atomic mass is 16.2. The Balaban J connectivity index is 1.60. The fraction of sp³-hybridized carbons (Fsp3) is 0.517. The van der Waals surface area contributed by atoms with Crippen molar-refractivity contribution in [2.24, 2.45) is 0 Å². The molecule has 1 fully saturated rings. The molecule has 7 nitrogen and oxygen atoms in total. The van der Waals surface area contributed by atoms with Crippen LogP contribution in [-0.2, 0) is 15.7 Å². The van der Waals surface area contributed by atoms with Crippen LogP contribution in [0.5, 0.6) is 0 Å². The molecule has 0 atom stereocenters. The standard InChI is InChI=1S/C29H39N5O2/c1-19(2)23-18-22(24-20(3)31-34(25(24)30-23)28(4,5)6)26(35)32-14-16-33(17-15-32)27(36)29(7,8)21-12-10-9-11-13-21/h9-13,18-19H,14-17H2,1-8H3. The molecule has 1 aliphatic rings. The number of rotatable bonds is 4. The van der Waals surface area contributed by atoms with E-state index >= 15 is 0 Å². The molecule has 4 rings (SSSR count). The lowest BCUT2D eigenvalue weighted by atomic mass is 9.83. The number of carbonyl (C=O) groups excluding carboxylic acids is 2. The van der Waals surface area contributed by atoms with E-state index in [1.807, 2.05) is 71.7 Å². The molecule has 36 heavy (non-hydrogen) atoms. The number of aromatic nitrogens is 3. The average Bonchev–Trinajstić information content (AvgIpc) is 3.20. The highest BCUT2D eigenvalue weighted by molar-refractivity contribution is 6.06. The summed E-state index contributed by atoms with van der Waals surface area (Å²) in [6, 6.07) is 11.8. The molecule has 192 valence electrons. The van der Waals surface area contributed by atoms with Gasteiger partial charge in [-0.3, -0.25) is 9.59 Å². The van der Waals surface area contributed by atoms with E-state index in [0.717, 1.165) is 28.0 Å². The van der Waals surface area contributed by atoms with Crippen LogP contribution >= 0.6 is 0 Å². The van der Waals surface area contributed by atoms with Gasteiger partial charge in [0.1, 0.15) is 0 Å². The number of fused-ring (bicyclic) bond motifs is 1. The molecule has 0 bridgehead atoms. The second-order valence-electron chi connectivity index (χ2n) is 11.7. The summed E-state index contributed by atoms with van der Waals surface area (Å²) in [5, 5.41) is 5.59. The van der Waals surface area contributed by atoms with Crippen LogP contribution in [0.1, 0.15) is 81.7 Å². The van der Waals surface area contributed by atoms with Crippen molar-refractivity contribution >= 4 is 22.8 Å². The molecular weight excluding hydrogens is 450 g/mol. The Morgan fingerprint density at radius 3 is 2.06 bits per heavy atom. The van der Waals surface area contributed by atoms with Gasteiger partial charge in [-0.25, -0.2) is 9.67 Å². The number of carbonyl (C=O) groups is 2. The molecule has 0 saturated carbocycles. The molecule has 0 radical (unpaired) electrons. The monoisotopic (exact) mass is 489 g/mol. The highest BCUT2D eigenvalue weighted by Crippen LogP contribution is 2.30. The van der Waals surface area contributed by atoms with Gasteiger partial charge >= 0.3 is 0 Å². The Labute approximate surface area is 214 Å². The molecule has 7 heteroatoms. The zero-order valence-corrected chi connectivity index (χ0v) is 22.9. The number of aryl methyl sites for hydroxylation is 1.